The highest BCUT2D eigenvalue weighted by atomic mass is 19.4. The Morgan fingerprint density at radius 3 is 2.56 bits per heavy atom. The van der Waals surface area contributed by atoms with E-state index in [0.717, 1.165) is 12.1 Å². The average Bonchev–Trinajstić information content (AvgIpc) is 2.58. The van der Waals surface area contributed by atoms with Crippen molar-refractivity contribution in [3.05, 3.63) is 75.3 Å². The molecule has 25 heavy (non-hydrogen) atoms. The number of para-hydroxylation sites is 1. The smallest absolute Gasteiger partial charge is 0.341 e. The standard InChI is InChI=1S/C17H11F3N2O3/c18-17(19,20)13-7-3-5-12(11-13)6-4-10-21-16(23)14-8-1-2-9-15(14)22(24)25/h1-3,5,7-9,11H,10H2,(H,21,23). The van der Waals surface area contributed by atoms with Crippen LogP contribution in [0.15, 0.2) is 48.5 Å². The van der Waals surface area contributed by atoms with Crippen molar-refractivity contribution >= 4 is 11.6 Å². The molecule has 0 spiro atoms. The molecular weight excluding hydrogens is 337 g/mol. The number of alkyl halides is 3. The minimum atomic E-state index is -4.46. The zero-order chi connectivity index (χ0) is 18.4. The van der Waals surface area contributed by atoms with Crippen LogP contribution in [0.1, 0.15) is 21.5 Å². The van der Waals surface area contributed by atoms with Crippen LogP contribution >= 0.6 is 0 Å². The fourth-order valence-electron chi connectivity index (χ4n) is 1.96. The number of nitro groups is 1. The van der Waals surface area contributed by atoms with Gasteiger partial charge in [0.25, 0.3) is 11.6 Å². The van der Waals surface area contributed by atoms with Crippen molar-refractivity contribution < 1.29 is 22.9 Å². The van der Waals surface area contributed by atoms with Crippen LogP contribution in [0.5, 0.6) is 0 Å². The molecule has 0 aliphatic carbocycles. The first-order valence-corrected chi connectivity index (χ1v) is 6.97. The Morgan fingerprint density at radius 1 is 1.16 bits per heavy atom. The topological polar surface area (TPSA) is 72.2 Å². The summed E-state index contributed by atoms with van der Waals surface area (Å²) >= 11 is 0. The number of amides is 1. The van der Waals surface area contributed by atoms with Gasteiger partial charge in [-0.15, -0.1) is 0 Å². The molecule has 2 aromatic rings. The minimum Gasteiger partial charge on any atom is -0.341 e. The summed E-state index contributed by atoms with van der Waals surface area (Å²) in [6.07, 6.45) is -4.46. The fraction of sp³-hybridized carbons (Fsp3) is 0.118. The number of rotatable bonds is 3. The Balaban J connectivity index is 2.04. The first-order valence-electron chi connectivity index (χ1n) is 6.97. The summed E-state index contributed by atoms with van der Waals surface area (Å²) in [6, 6.07) is 9.89. The van der Waals surface area contributed by atoms with Gasteiger partial charge in [-0.25, -0.2) is 0 Å². The molecule has 2 aromatic carbocycles. The summed E-state index contributed by atoms with van der Waals surface area (Å²) < 4.78 is 37.8. The van der Waals surface area contributed by atoms with Gasteiger partial charge in [0.1, 0.15) is 5.56 Å². The molecule has 0 saturated heterocycles. The Labute approximate surface area is 140 Å². The number of carbonyl (C=O) groups excluding carboxylic acids is 1. The maximum absolute atomic E-state index is 12.6. The number of halogens is 3. The quantitative estimate of drug-likeness (QED) is 0.525. The van der Waals surface area contributed by atoms with Crippen molar-refractivity contribution in [3.63, 3.8) is 0 Å². The molecule has 0 saturated carbocycles. The lowest BCUT2D eigenvalue weighted by Gasteiger charge is -2.05. The molecule has 0 atom stereocenters. The third-order valence-electron chi connectivity index (χ3n) is 3.11. The number of hydrogen-bond donors (Lipinski definition) is 1. The minimum absolute atomic E-state index is 0.117. The van der Waals surface area contributed by atoms with Gasteiger partial charge in [0.2, 0.25) is 0 Å². The van der Waals surface area contributed by atoms with E-state index in [-0.39, 0.29) is 23.4 Å². The van der Waals surface area contributed by atoms with E-state index in [0.29, 0.717) is 0 Å². The number of benzene rings is 2. The second-order valence-corrected chi connectivity index (χ2v) is 4.84. The van der Waals surface area contributed by atoms with Crippen LogP contribution in [0.4, 0.5) is 18.9 Å². The van der Waals surface area contributed by atoms with Crippen molar-refractivity contribution in [2.75, 3.05) is 6.54 Å². The summed E-state index contributed by atoms with van der Waals surface area (Å²) in [5.74, 6) is 4.32. The Morgan fingerprint density at radius 2 is 1.88 bits per heavy atom. The molecule has 0 radical (unpaired) electrons. The first-order chi connectivity index (χ1) is 11.8. The van der Waals surface area contributed by atoms with Gasteiger partial charge >= 0.3 is 6.18 Å². The molecule has 0 aromatic heterocycles. The summed E-state index contributed by atoms with van der Waals surface area (Å²) in [6.45, 7) is -0.166. The molecule has 0 aliphatic rings. The molecule has 2 rings (SSSR count). The van der Waals surface area contributed by atoms with Crippen LogP contribution < -0.4 is 5.32 Å². The van der Waals surface area contributed by atoms with E-state index in [1.54, 1.807) is 0 Å². The summed E-state index contributed by atoms with van der Waals surface area (Å²) in [5.41, 5.74) is -1.13. The number of nitro benzene ring substituents is 1. The highest BCUT2D eigenvalue weighted by Gasteiger charge is 2.30. The van der Waals surface area contributed by atoms with Crippen LogP contribution in [0.2, 0.25) is 0 Å². The molecule has 0 heterocycles. The summed E-state index contributed by atoms with van der Waals surface area (Å²) in [7, 11) is 0. The highest BCUT2D eigenvalue weighted by molar-refractivity contribution is 5.98. The second-order valence-electron chi connectivity index (χ2n) is 4.84. The van der Waals surface area contributed by atoms with Crippen molar-refractivity contribution in [2.45, 2.75) is 6.18 Å². The predicted octanol–water partition coefficient (Wildman–Crippen LogP) is 3.40. The van der Waals surface area contributed by atoms with Gasteiger partial charge in [0.15, 0.2) is 0 Å². The lowest BCUT2D eigenvalue weighted by atomic mass is 10.1. The van der Waals surface area contributed by atoms with E-state index >= 15 is 0 Å². The number of nitrogens with zero attached hydrogens (tertiary/aromatic N) is 1. The zero-order valence-electron chi connectivity index (χ0n) is 12.6. The van der Waals surface area contributed by atoms with Crippen molar-refractivity contribution in [1.29, 1.82) is 0 Å². The van der Waals surface area contributed by atoms with E-state index in [2.05, 4.69) is 17.2 Å². The van der Waals surface area contributed by atoms with Crippen molar-refractivity contribution in [3.8, 4) is 11.8 Å². The van der Waals surface area contributed by atoms with Gasteiger partial charge < -0.3 is 5.32 Å². The lowest BCUT2D eigenvalue weighted by Crippen LogP contribution is -2.24. The van der Waals surface area contributed by atoms with Gasteiger partial charge in [-0.3, -0.25) is 14.9 Å². The van der Waals surface area contributed by atoms with Gasteiger partial charge in [-0.2, -0.15) is 13.2 Å². The monoisotopic (exact) mass is 348 g/mol. The Bertz CT molecular complexity index is 867. The Hall–Kier alpha value is -3.34. The highest BCUT2D eigenvalue weighted by Crippen LogP contribution is 2.29. The van der Waals surface area contributed by atoms with Crippen molar-refractivity contribution in [1.82, 2.24) is 5.32 Å². The van der Waals surface area contributed by atoms with Gasteiger partial charge in [-0.05, 0) is 24.3 Å². The lowest BCUT2D eigenvalue weighted by molar-refractivity contribution is -0.385. The normalized spacial score (nSPS) is 10.5. The average molecular weight is 348 g/mol. The maximum atomic E-state index is 12.6. The molecule has 8 heteroatoms. The number of nitrogens with one attached hydrogen (secondary N) is 1. The molecule has 1 N–H and O–H groups in total. The van der Waals surface area contributed by atoms with Gasteiger partial charge in [0, 0.05) is 11.6 Å². The largest absolute Gasteiger partial charge is 0.416 e. The molecule has 128 valence electrons. The molecular formula is C17H11F3N2O3. The van der Waals surface area contributed by atoms with E-state index < -0.39 is 22.6 Å². The number of hydrogen-bond acceptors (Lipinski definition) is 3. The van der Waals surface area contributed by atoms with Crippen LogP contribution in [-0.4, -0.2) is 17.4 Å². The molecule has 5 nitrogen and oxygen atoms in total. The van der Waals surface area contributed by atoms with E-state index in [9.17, 15) is 28.1 Å². The molecule has 0 aliphatic heterocycles. The van der Waals surface area contributed by atoms with Crippen LogP contribution in [0, 0.1) is 22.0 Å². The van der Waals surface area contributed by atoms with Crippen LogP contribution in [0.25, 0.3) is 0 Å². The molecule has 0 fully saturated rings. The maximum Gasteiger partial charge on any atom is 0.416 e. The Kier molecular flexibility index (Phi) is 5.39. The molecule has 1 amide bonds. The summed E-state index contributed by atoms with van der Waals surface area (Å²) in [4.78, 5) is 22.1. The predicted molar refractivity (Wildman–Crippen MR) is 83.8 cm³/mol. The van der Waals surface area contributed by atoms with E-state index in [1.165, 1.54) is 36.4 Å². The van der Waals surface area contributed by atoms with Crippen molar-refractivity contribution in [2.24, 2.45) is 0 Å². The van der Waals surface area contributed by atoms with Gasteiger partial charge in [-0.1, -0.05) is 30.0 Å². The first kappa shape index (κ1) is 18.0. The fourth-order valence-corrected chi connectivity index (χ4v) is 1.96. The zero-order valence-corrected chi connectivity index (χ0v) is 12.6. The van der Waals surface area contributed by atoms with E-state index in [1.807, 2.05) is 0 Å². The SMILES string of the molecule is O=C(NCC#Cc1cccc(C(F)(F)F)c1)c1ccccc1[N+](=O)[O-]. The molecule has 0 unspecified atom stereocenters. The second kappa shape index (κ2) is 7.49. The third-order valence-corrected chi connectivity index (χ3v) is 3.11. The number of carbonyl (C=O) groups is 1. The van der Waals surface area contributed by atoms with Crippen LogP contribution in [0.3, 0.4) is 0 Å². The van der Waals surface area contributed by atoms with Gasteiger partial charge in [0.05, 0.1) is 17.0 Å². The van der Waals surface area contributed by atoms with E-state index in [4.69, 9.17) is 0 Å². The summed E-state index contributed by atoms with van der Waals surface area (Å²) in [5, 5.41) is 13.2. The third kappa shape index (κ3) is 4.81. The molecule has 0 bridgehead atoms. The van der Waals surface area contributed by atoms with Crippen LogP contribution in [-0.2, 0) is 6.18 Å².